The zero-order valence-corrected chi connectivity index (χ0v) is 19.5. The van der Waals surface area contributed by atoms with Gasteiger partial charge in [0.2, 0.25) is 0 Å². The third-order valence-electron chi connectivity index (χ3n) is 5.16. The summed E-state index contributed by atoms with van der Waals surface area (Å²) in [7, 11) is 3.84. The average molecular weight is 443 g/mol. The molecule has 0 spiro atoms. The Labute approximate surface area is 187 Å². The van der Waals surface area contributed by atoms with Crippen LogP contribution in [0.2, 0.25) is 0 Å². The number of likely N-dealkylation sites (tertiary alicyclic amines) is 1. The number of thiophene rings is 1. The molecule has 1 amide bonds. The van der Waals surface area contributed by atoms with Crippen LogP contribution >= 0.6 is 11.3 Å². The molecule has 0 unspecified atom stereocenters. The van der Waals surface area contributed by atoms with Crippen LogP contribution in [0.4, 0.5) is 0 Å². The monoisotopic (exact) mass is 442 g/mol. The van der Waals surface area contributed by atoms with Crippen molar-refractivity contribution in [3.8, 4) is 5.75 Å². The molecular formula is C24H30N2O4S. The molecule has 1 aliphatic heterocycles. The smallest absolute Gasteiger partial charge is 0.295 e. The number of likely N-dealkylation sites (N-methyl/N-ethyl adjacent to an activating group) is 1. The number of hydrogen-bond acceptors (Lipinski definition) is 6. The third-order valence-corrected chi connectivity index (χ3v) is 6.09. The molecule has 1 N–H and O–H groups in total. The highest BCUT2D eigenvalue weighted by Crippen LogP contribution is 2.41. The number of amides is 1. The van der Waals surface area contributed by atoms with Gasteiger partial charge in [0, 0.05) is 23.5 Å². The van der Waals surface area contributed by atoms with Crippen LogP contribution in [-0.4, -0.2) is 60.4 Å². The van der Waals surface area contributed by atoms with E-state index in [1.54, 1.807) is 23.1 Å². The number of Topliss-reactive ketones (excluding diaryl/α,β-unsaturated/α-hetero) is 1. The Morgan fingerprint density at radius 1 is 1.26 bits per heavy atom. The molecule has 3 rings (SSSR count). The molecule has 7 heteroatoms. The van der Waals surface area contributed by atoms with Gasteiger partial charge in [0.15, 0.2) is 0 Å². The summed E-state index contributed by atoms with van der Waals surface area (Å²) in [5.74, 6) is -0.228. The van der Waals surface area contributed by atoms with Crippen LogP contribution in [0.1, 0.15) is 35.9 Å². The van der Waals surface area contributed by atoms with E-state index in [4.69, 9.17) is 4.74 Å². The molecule has 0 bridgehead atoms. The Hall–Kier alpha value is -2.64. The van der Waals surface area contributed by atoms with Gasteiger partial charge in [-0.2, -0.15) is 0 Å². The van der Waals surface area contributed by atoms with Gasteiger partial charge in [-0.1, -0.05) is 19.9 Å². The van der Waals surface area contributed by atoms with E-state index in [0.717, 1.165) is 16.2 Å². The zero-order valence-electron chi connectivity index (χ0n) is 18.7. The first-order valence-electron chi connectivity index (χ1n) is 10.4. The number of aliphatic hydroxyl groups excluding tert-OH is 1. The normalized spacial score (nSPS) is 18.4. The molecule has 2 aromatic rings. The summed E-state index contributed by atoms with van der Waals surface area (Å²) in [6.45, 7) is 7.68. The highest BCUT2D eigenvalue weighted by molar-refractivity contribution is 7.10. The van der Waals surface area contributed by atoms with Crippen LogP contribution in [0.5, 0.6) is 5.75 Å². The number of ether oxygens (including phenoxy) is 1. The van der Waals surface area contributed by atoms with Crippen LogP contribution in [0.25, 0.3) is 5.76 Å². The van der Waals surface area contributed by atoms with Gasteiger partial charge in [-0.05, 0) is 62.1 Å². The molecule has 31 heavy (non-hydrogen) atoms. The number of carbonyl (C=O) groups excluding carboxylic acids is 2. The first-order chi connectivity index (χ1) is 14.7. The van der Waals surface area contributed by atoms with Crippen LogP contribution in [0.15, 0.2) is 41.3 Å². The minimum absolute atomic E-state index is 0.140. The van der Waals surface area contributed by atoms with Gasteiger partial charge in [-0.25, -0.2) is 0 Å². The lowest BCUT2D eigenvalue weighted by Gasteiger charge is -2.25. The second-order valence-corrected chi connectivity index (χ2v) is 9.48. The minimum Gasteiger partial charge on any atom is -0.507 e. The van der Waals surface area contributed by atoms with Gasteiger partial charge in [0.25, 0.3) is 11.7 Å². The average Bonchev–Trinajstić information content (AvgIpc) is 3.32. The summed E-state index contributed by atoms with van der Waals surface area (Å²) in [6.07, 6.45) is 0. The predicted molar refractivity (Wildman–Crippen MR) is 123 cm³/mol. The SMILES string of the molecule is Cc1cc(/C(O)=C2\C(=O)C(=O)N(CCN(C)C)[C@H]2c2cccs2)ccc1OCC(C)C. The van der Waals surface area contributed by atoms with E-state index in [1.165, 1.54) is 11.3 Å². The van der Waals surface area contributed by atoms with E-state index >= 15 is 0 Å². The molecule has 1 aromatic heterocycles. The first kappa shape index (κ1) is 23.0. The second kappa shape index (κ2) is 9.66. The molecule has 6 nitrogen and oxygen atoms in total. The van der Waals surface area contributed by atoms with E-state index < -0.39 is 17.7 Å². The Morgan fingerprint density at radius 2 is 2.00 bits per heavy atom. The maximum absolute atomic E-state index is 13.0. The lowest BCUT2D eigenvalue weighted by Crippen LogP contribution is -2.35. The molecule has 1 atom stereocenters. The molecule has 1 fully saturated rings. The zero-order chi connectivity index (χ0) is 22.7. The molecule has 0 radical (unpaired) electrons. The van der Waals surface area contributed by atoms with Crippen molar-refractivity contribution in [2.24, 2.45) is 5.92 Å². The molecule has 0 aliphatic carbocycles. The quantitative estimate of drug-likeness (QED) is 0.379. The summed E-state index contributed by atoms with van der Waals surface area (Å²) >= 11 is 1.47. The van der Waals surface area contributed by atoms with E-state index in [0.29, 0.717) is 31.2 Å². The van der Waals surface area contributed by atoms with Crippen molar-refractivity contribution in [1.82, 2.24) is 9.80 Å². The largest absolute Gasteiger partial charge is 0.507 e. The van der Waals surface area contributed by atoms with Crippen molar-refractivity contribution in [3.63, 3.8) is 0 Å². The fraction of sp³-hybridized carbons (Fsp3) is 0.417. The van der Waals surface area contributed by atoms with Crippen LogP contribution in [-0.2, 0) is 9.59 Å². The number of rotatable bonds is 8. The highest BCUT2D eigenvalue weighted by Gasteiger charge is 2.46. The Bertz CT molecular complexity index is 979. The summed E-state index contributed by atoms with van der Waals surface area (Å²) in [5.41, 5.74) is 1.50. The van der Waals surface area contributed by atoms with Crippen molar-refractivity contribution < 1.29 is 19.4 Å². The lowest BCUT2D eigenvalue weighted by atomic mass is 9.98. The number of aliphatic hydroxyl groups is 1. The molecular weight excluding hydrogens is 412 g/mol. The van der Waals surface area contributed by atoms with Gasteiger partial charge in [-0.3, -0.25) is 9.59 Å². The molecule has 1 aliphatic rings. The fourth-order valence-corrected chi connectivity index (χ4v) is 4.38. The highest BCUT2D eigenvalue weighted by atomic mass is 32.1. The molecule has 166 valence electrons. The number of nitrogens with zero attached hydrogens (tertiary/aromatic N) is 2. The van der Waals surface area contributed by atoms with E-state index in [-0.39, 0.29) is 11.3 Å². The molecule has 2 heterocycles. The summed E-state index contributed by atoms with van der Waals surface area (Å²) in [5, 5.41) is 13.0. The summed E-state index contributed by atoms with van der Waals surface area (Å²) in [4.78, 5) is 30.2. The number of carbonyl (C=O) groups is 2. The number of ketones is 1. The first-order valence-corrected chi connectivity index (χ1v) is 11.3. The minimum atomic E-state index is -0.646. The fourth-order valence-electron chi connectivity index (χ4n) is 3.53. The molecule has 1 aromatic carbocycles. The number of benzene rings is 1. The van der Waals surface area contributed by atoms with Crippen LogP contribution < -0.4 is 4.74 Å². The third kappa shape index (κ3) is 4.99. The van der Waals surface area contributed by atoms with E-state index in [9.17, 15) is 14.7 Å². The van der Waals surface area contributed by atoms with Crippen LogP contribution in [0.3, 0.4) is 0 Å². The predicted octanol–water partition coefficient (Wildman–Crippen LogP) is 4.07. The lowest BCUT2D eigenvalue weighted by molar-refractivity contribution is -0.140. The summed E-state index contributed by atoms with van der Waals surface area (Å²) in [6, 6.07) is 8.52. The maximum Gasteiger partial charge on any atom is 0.295 e. The number of hydrogen-bond donors (Lipinski definition) is 1. The Kier molecular flexibility index (Phi) is 7.18. The standard InChI is InChI=1S/C24H30N2O4S/c1-15(2)14-30-18-9-8-17(13-16(18)3)22(27)20-21(19-7-6-12-31-19)26(11-10-25(4)5)24(29)23(20)28/h6-9,12-13,15,21,27H,10-11,14H2,1-5H3/b22-20+/t21-/m0/s1. The molecule has 1 saturated heterocycles. The van der Waals surface area contributed by atoms with Gasteiger partial charge < -0.3 is 19.6 Å². The Morgan fingerprint density at radius 3 is 2.58 bits per heavy atom. The van der Waals surface area contributed by atoms with Gasteiger partial charge in [0.1, 0.15) is 11.5 Å². The second-order valence-electron chi connectivity index (χ2n) is 8.50. The summed E-state index contributed by atoms with van der Waals surface area (Å²) < 4.78 is 5.82. The van der Waals surface area contributed by atoms with Gasteiger partial charge in [-0.15, -0.1) is 11.3 Å². The van der Waals surface area contributed by atoms with Gasteiger partial charge >= 0.3 is 0 Å². The molecule has 0 saturated carbocycles. The van der Waals surface area contributed by atoms with Crippen molar-refractivity contribution in [1.29, 1.82) is 0 Å². The van der Waals surface area contributed by atoms with Crippen molar-refractivity contribution >= 4 is 28.8 Å². The topological polar surface area (TPSA) is 70.1 Å². The van der Waals surface area contributed by atoms with E-state index in [1.807, 2.05) is 43.4 Å². The van der Waals surface area contributed by atoms with Crippen molar-refractivity contribution in [2.45, 2.75) is 26.8 Å². The van der Waals surface area contributed by atoms with Crippen molar-refractivity contribution in [2.75, 3.05) is 33.8 Å². The van der Waals surface area contributed by atoms with Gasteiger partial charge in [0.05, 0.1) is 18.2 Å². The van der Waals surface area contributed by atoms with Crippen molar-refractivity contribution in [3.05, 3.63) is 57.3 Å². The Balaban J connectivity index is 2.02. The number of aryl methyl sites for hydroxylation is 1. The van der Waals surface area contributed by atoms with E-state index in [2.05, 4.69) is 13.8 Å². The van der Waals surface area contributed by atoms with Crippen LogP contribution in [0, 0.1) is 12.8 Å². The maximum atomic E-state index is 13.0.